The van der Waals surface area contributed by atoms with E-state index in [9.17, 15) is 0 Å². The molecule has 1 aliphatic heterocycles. The van der Waals surface area contributed by atoms with E-state index >= 15 is 0 Å². The van der Waals surface area contributed by atoms with E-state index in [2.05, 4.69) is 19.2 Å². The third kappa shape index (κ3) is 2.76. The molecule has 0 radical (unpaired) electrons. The van der Waals surface area contributed by atoms with Gasteiger partial charge in [-0.1, -0.05) is 13.8 Å². The molecule has 16 heavy (non-hydrogen) atoms. The summed E-state index contributed by atoms with van der Waals surface area (Å²) in [6, 6.07) is 0.472. The van der Waals surface area contributed by atoms with Crippen molar-refractivity contribution in [1.29, 1.82) is 0 Å². The molecular formula is C13H25NO2. The summed E-state index contributed by atoms with van der Waals surface area (Å²) in [6.07, 6.45) is 5.85. The van der Waals surface area contributed by atoms with Crippen LogP contribution in [0.15, 0.2) is 0 Å². The molecule has 1 saturated carbocycles. The maximum absolute atomic E-state index is 6.01. The summed E-state index contributed by atoms with van der Waals surface area (Å²) in [5.74, 6) is 0. The quantitative estimate of drug-likeness (QED) is 0.785. The fourth-order valence-electron chi connectivity index (χ4n) is 2.83. The van der Waals surface area contributed by atoms with Gasteiger partial charge in [0.1, 0.15) is 5.72 Å². The van der Waals surface area contributed by atoms with E-state index in [0.717, 1.165) is 32.5 Å². The van der Waals surface area contributed by atoms with Crippen LogP contribution in [0.2, 0.25) is 0 Å². The lowest BCUT2D eigenvalue weighted by Gasteiger charge is -2.48. The van der Waals surface area contributed by atoms with Crippen LogP contribution in [-0.4, -0.2) is 32.1 Å². The van der Waals surface area contributed by atoms with E-state index in [1.807, 2.05) is 0 Å². The predicted octanol–water partition coefficient (Wildman–Crippen LogP) is 2.31. The monoisotopic (exact) mass is 227 g/mol. The van der Waals surface area contributed by atoms with Gasteiger partial charge in [0.25, 0.3) is 0 Å². The van der Waals surface area contributed by atoms with Gasteiger partial charge in [-0.2, -0.15) is 0 Å². The van der Waals surface area contributed by atoms with Crippen molar-refractivity contribution in [1.82, 2.24) is 5.32 Å². The fourth-order valence-corrected chi connectivity index (χ4v) is 2.83. The Labute approximate surface area is 98.9 Å². The fraction of sp³-hybridized carbons (Fsp3) is 1.00. The Morgan fingerprint density at radius 3 is 2.56 bits per heavy atom. The Balaban J connectivity index is 1.93. The zero-order valence-corrected chi connectivity index (χ0v) is 10.8. The van der Waals surface area contributed by atoms with Gasteiger partial charge in [-0.25, -0.2) is 0 Å². The minimum Gasteiger partial charge on any atom is -0.383 e. The maximum Gasteiger partial charge on any atom is 0.119 e. The normalized spacial score (nSPS) is 32.8. The molecule has 1 heterocycles. The lowest BCUT2D eigenvalue weighted by Crippen LogP contribution is -2.59. The second kappa shape index (κ2) is 4.63. The smallest absolute Gasteiger partial charge is 0.119 e. The van der Waals surface area contributed by atoms with E-state index in [4.69, 9.17) is 9.47 Å². The first-order valence-electron chi connectivity index (χ1n) is 6.46. The molecule has 2 aliphatic rings. The highest BCUT2D eigenvalue weighted by molar-refractivity contribution is 4.93. The predicted molar refractivity (Wildman–Crippen MR) is 64.3 cm³/mol. The molecule has 0 amide bonds. The number of nitrogens with one attached hydrogen (secondary N) is 1. The van der Waals surface area contributed by atoms with Crippen LogP contribution in [0.1, 0.15) is 46.0 Å². The van der Waals surface area contributed by atoms with Gasteiger partial charge < -0.3 is 9.47 Å². The van der Waals surface area contributed by atoms with Gasteiger partial charge in [-0.05, 0) is 37.5 Å². The SMILES string of the molecule is COCC1CCOC2(CCC(C)(C)CC2)N1. The molecule has 3 nitrogen and oxygen atoms in total. The Hall–Kier alpha value is -0.120. The highest BCUT2D eigenvalue weighted by atomic mass is 16.5. The lowest BCUT2D eigenvalue weighted by molar-refractivity contribution is -0.147. The van der Waals surface area contributed by atoms with Gasteiger partial charge in [0.05, 0.1) is 13.2 Å². The Bertz CT molecular complexity index is 228. The van der Waals surface area contributed by atoms with Gasteiger partial charge in [-0.3, -0.25) is 5.32 Å². The van der Waals surface area contributed by atoms with E-state index in [-0.39, 0.29) is 5.72 Å². The van der Waals surface area contributed by atoms with Gasteiger partial charge in [0.15, 0.2) is 0 Å². The summed E-state index contributed by atoms with van der Waals surface area (Å²) in [5.41, 5.74) is 0.446. The summed E-state index contributed by atoms with van der Waals surface area (Å²) in [6.45, 7) is 6.39. The highest BCUT2D eigenvalue weighted by Gasteiger charge is 2.42. The first kappa shape index (κ1) is 12.3. The first-order valence-corrected chi connectivity index (χ1v) is 6.46. The summed E-state index contributed by atoms with van der Waals surface area (Å²) in [5, 5.41) is 3.66. The van der Waals surface area contributed by atoms with Crippen LogP contribution in [0.5, 0.6) is 0 Å². The van der Waals surface area contributed by atoms with E-state index in [0.29, 0.717) is 11.5 Å². The van der Waals surface area contributed by atoms with Crippen LogP contribution in [0, 0.1) is 5.41 Å². The van der Waals surface area contributed by atoms with Crippen molar-refractivity contribution in [3.8, 4) is 0 Å². The van der Waals surface area contributed by atoms with E-state index in [1.54, 1.807) is 7.11 Å². The largest absolute Gasteiger partial charge is 0.383 e. The molecule has 1 unspecified atom stereocenters. The number of ether oxygens (including phenoxy) is 2. The second-order valence-electron chi connectivity index (χ2n) is 6.09. The highest BCUT2D eigenvalue weighted by Crippen LogP contribution is 2.42. The van der Waals surface area contributed by atoms with Crippen LogP contribution in [0.4, 0.5) is 0 Å². The molecule has 0 aromatic carbocycles. The minimum absolute atomic E-state index is 0.0447. The molecule has 1 atom stereocenters. The number of rotatable bonds is 2. The summed E-state index contributed by atoms with van der Waals surface area (Å²) >= 11 is 0. The second-order valence-corrected chi connectivity index (χ2v) is 6.09. The lowest BCUT2D eigenvalue weighted by atomic mass is 9.73. The minimum atomic E-state index is -0.0447. The number of methoxy groups -OCH3 is 1. The Morgan fingerprint density at radius 2 is 1.94 bits per heavy atom. The van der Waals surface area contributed by atoms with Crippen molar-refractivity contribution in [3.63, 3.8) is 0 Å². The van der Waals surface area contributed by atoms with Gasteiger partial charge in [-0.15, -0.1) is 0 Å². The summed E-state index contributed by atoms with van der Waals surface area (Å²) < 4.78 is 11.2. The van der Waals surface area contributed by atoms with Crippen LogP contribution in [0.3, 0.4) is 0 Å². The van der Waals surface area contributed by atoms with Crippen LogP contribution >= 0.6 is 0 Å². The molecule has 0 aromatic heterocycles. The van der Waals surface area contributed by atoms with Crippen LogP contribution in [-0.2, 0) is 9.47 Å². The zero-order chi connectivity index (χ0) is 11.6. The summed E-state index contributed by atoms with van der Waals surface area (Å²) in [4.78, 5) is 0. The van der Waals surface area contributed by atoms with Crippen LogP contribution < -0.4 is 5.32 Å². The van der Waals surface area contributed by atoms with E-state index < -0.39 is 0 Å². The molecule has 0 aromatic rings. The van der Waals surface area contributed by atoms with Crippen LogP contribution in [0.25, 0.3) is 0 Å². The number of hydrogen-bond donors (Lipinski definition) is 1. The van der Waals surface area contributed by atoms with Crippen molar-refractivity contribution in [2.24, 2.45) is 5.41 Å². The third-order valence-corrected chi connectivity index (χ3v) is 4.09. The topological polar surface area (TPSA) is 30.5 Å². The first-order chi connectivity index (χ1) is 7.55. The van der Waals surface area contributed by atoms with Crippen molar-refractivity contribution in [2.75, 3.05) is 20.3 Å². The van der Waals surface area contributed by atoms with Crippen molar-refractivity contribution < 1.29 is 9.47 Å². The molecule has 1 aliphatic carbocycles. The Morgan fingerprint density at radius 1 is 1.25 bits per heavy atom. The average Bonchev–Trinajstić information content (AvgIpc) is 2.25. The molecular weight excluding hydrogens is 202 g/mol. The molecule has 2 fully saturated rings. The van der Waals surface area contributed by atoms with Gasteiger partial charge in [0, 0.05) is 13.2 Å². The third-order valence-electron chi connectivity index (χ3n) is 4.09. The van der Waals surface area contributed by atoms with Gasteiger partial charge >= 0.3 is 0 Å². The van der Waals surface area contributed by atoms with Gasteiger partial charge in [0.2, 0.25) is 0 Å². The standard InChI is InChI=1S/C13H25NO2/c1-12(2)5-7-13(8-6-12)14-11(10-15-3)4-9-16-13/h11,14H,4-10H2,1-3H3. The van der Waals surface area contributed by atoms with Crippen molar-refractivity contribution in [3.05, 3.63) is 0 Å². The maximum atomic E-state index is 6.01. The molecule has 3 heteroatoms. The van der Waals surface area contributed by atoms with Crippen molar-refractivity contribution in [2.45, 2.75) is 57.7 Å². The van der Waals surface area contributed by atoms with Crippen molar-refractivity contribution >= 4 is 0 Å². The zero-order valence-electron chi connectivity index (χ0n) is 10.8. The molecule has 1 N–H and O–H groups in total. The molecule has 1 saturated heterocycles. The average molecular weight is 227 g/mol. The number of hydrogen-bond acceptors (Lipinski definition) is 3. The van der Waals surface area contributed by atoms with E-state index in [1.165, 1.54) is 12.8 Å². The Kier molecular flexibility index (Phi) is 3.57. The molecule has 0 bridgehead atoms. The molecule has 94 valence electrons. The molecule has 1 spiro atoms. The molecule has 2 rings (SSSR count). The summed E-state index contributed by atoms with van der Waals surface area (Å²) in [7, 11) is 1.77.